The molecule has 11 atom stereocenters. The maximum absolute atomic E-state index is 12.3. The van der Waals surface area contributed by atoms with E-state index in [0.29, 0.717) is 76.7 Å². The molecule has 22 nitrogen and oxygen atoms in total. The number of unbranched alkanes of at least 4 members (excludes halogenated alkanes) is 1. The molecule has 0 aromatic heterocycles. The van der Waals surface area contributed by atoms with Crippen LogP contribution in [0.1, 0.15) is 273 Å². The highest BCUT2D eigenvalue weighted by Gasteiger charge is 2.37. The smallest absolute Gasteiger partial charge is 0.312 e. The van der Waals surface area contributed by atoms with Crippen molar-refractivity contribution < 1.29 is 104 Å². The van der Waals surface area contributed by atoms with Crippen LogP contribution in [0.15, 0.2) is 0 Å². The van der Waals surface area contributed by atoms with E-state index in [-0.39, 0.29) is 97.2 Å². The number of carbonyl (C=O) groups excluding carboxylic acids is 5. The molecule has 0 aromatic carbocycles. The van der Waals surface area contributed by atoms with Crippen LogP contribution in [0.5, 0.6) is 0 Å². The van der Waals surface area contributed by atoms with Gasteiger partial charge in [0.1, 0.15) is 28.0 Å². The number of hydrogen-bond acceptors (Lipinski definition) is 23. The predicted octanol–water partition coefficient (Wildman–Crippen LogP) is 15.7. The zero-order chi connectivity index (χ0) is 76.1. The van der Waals surface area contributed by atoms with Crippen LogP contribution in [0.4, 0.5) is 0 Å². The lowest BCUT2D eigenvalue weighted by Crippen LogP contribution is -2.38. The zero-order valence-electron chi connectivity index (χ0n) is 67.4. The average Bonchev–Trinajstić information content (AvgIpc) is 0.860. The molecule has 4 saturated carbocycles. The summed E-state index contributed by atoms with van der Waals surface area (Å²) in [6.45, 7) is 41.8. The molecule has 0 bridgehead atoms. The van der Waals surface area contributed by atoms with Gasteiger partial charge in [-0.05, 0) is 227 Å². The molecule has 23 heteroatoms. The van der Waals surface area contributed by atoms with Gasteiger partial charge in [0.05, 0.1) is 82.3 Å². The molecule has 4 aliphatic carbocycles. The van der Waals surface area contributed by atoms with Crippen LogP contribution >= 0.6 is 11.8 Å². The predicted molar refractivity (Wildman–Crippen MR) is 392 cm³/mol. The molecule has 0 spiro atoms. The van der Waals surface area contributed by atoms with Gasteiger partial charge < -0.3 is 80.5 Å². The van der Waals surface area contributed by atoms with Gasteiger partial charge >= 0.3 is 29.8 Å². The van der Waals surface area contributed by atoms with E-state index in [9.17, 15) is 24.0 Å². The molecule has 4 fully saturated rings. The van der Waals surface area contributed by atoms with Gasteiger partial charge in [-0.15, -0.1) is 0 Å². The molecule has 4 rings (SSSR count). The fraction of sp³-hybridized carbons (Fsp3) is 0.935. The van der Waals surface area contributed by atoms with Crippen LogP contribution < -0.4 is 0 Å². The van der Waals surface area contributed by atoms with Gasteiger partial charge in [0, 0.05) is 66.0 Å². The van der Waals surface area contributed by atoms with E-state index < -0.39 is 28.0 Å². The summed E-state index contributed by atoms with van der Waals surface area (Å²) in [5, 5.41) is 0.357. The first-order valence-corrected chi connectivity index (χ1v) is 38.4. The Morgan fingerprint density at radius 1 is 0.380 bits per heavy atom. The third-order valence-corrected chi connectivity index (χ3v) is 17.7. The highest BCUT2D eigenvalue weighted by atomic mass is 32.2. The Balaban J connectivity index is 0.00000123. The molecule has 0 saturated heterocycles. The molecular formula is C77H146O22S. The van der Waals surface area contributed by atoms with Crippen molar-refractivity contribution in [1.82, 2.24) is 0 Å². The SMILES string of the molecule is COC(C)COC1CCCCC1CC(=O)OC(C)(C)C.COC(C)OCCCCC(=O)OC(C)(C)C.COC(C)OCCOC1CCC(CC(=O)OC(C)(C)C)CC1.COC(C)OCCOC1CCCCC1C(=O)OC(C)(C)C.COC(C)OCCSC1CCCCC1C(=O)OC(C)(C)C. The molecule has 0 amide bonds. The van der Waals surface area contributed by atoms with Crippen molar-refractivity contribution in [2.45, 2.75) is 356 Å². The summed E-state index contributed by atoms with van der Waals surface area (Å²) in [5.41, 5.74) is -2.04. The summed E-state index contributed by atoms with van der Waals surface area (Å²) in [6.07, 6.45) is 19.5. The standard InChI is InChI=1S/C17H32O5.C16H30O5.C16H30O4S.C16H30O4.C12H24O4/c1-13(19-5)20-10-11-21-15-8-6-14(7-9-15)12-16(18)22-17(2,3)4;1-12(18-5)19-10-11-20-14-9-7-6-8-13(14)15(17)21-16(2,3)4;1-12(18-5)19-10-11-21-14-9-7-6-8-13(14)15(17)20-16(2,3)4;1-12(18-5)11-19-14-9-7-6-8-13(14)10-15(17)20-16(2,3)4;1-10(14-5)15-9-7-6-8-11(13)16-12(2,3)4/h13-15H,6-12H2,1-5H3;2*12-14H,6-11H2,1-5H3;12-14H,6-11H2,1-5H3;10H,6-9H2,1-5H3. The second-order valence-corrected chi connectivity index (χ2v) is 32.8. The van der Waals surface area contributed by atoms with E-state index in [1.54, 1.807) is 35.5 Å². The van der Waals surface area contributed by atoms with Gasteiger partial charge in [-0.1, -0.05) is 38.5 Å². The lowest BCUT2D eigenvalue weighted by molar-refractivity contribution is -0.170. The largest absolute Gasteiger partial charge is 0.460 e. The molecule has 0 N–H and O–H groups in total. The molecule has 4 aliphatic rings. The number of hydrogen-bond donors (Lipinski definition) is 0. The van der Waals surface area contributed by atoms with Crippen LogP contribution in [-0.2, 0) is 104 Å². The summed E-state index contributed by atoms with van der Waals surface area (Å²) in [6, 6.07) is 0. The van der Waals surface area contributed by atoms with E-state index in [2.05, 4.69) is 0 Å². The summed E-state index contributed by atoms with van der Waals surface area (Å²) >= 11 is 1.83. The van der Waals surface area contributed by atoms with Crippen LogP contribution in [-0.4, -0.2) is 200 Å². The van der Waals surface area contributed by atoms with E-state index >= 15 is 0 Å². The van der Waals surface area contributed by atoms with E-state index in [1.165, 1.54) is 19.3 Å². The van der Waals surface area contributed by atoms with E-state index in [1.807, 2.05) is 150 Å². The maximum atomic E-state index is 12.3. The van der Waals surface area contributed by atoms with Crippen molar-refractivity contribution in [3.05, 3.63) is 0 Å². The minimum absolute atomic E-state index is 0.0304. The number of methoxy groups -OCH3 is 5. The number of esters is 5. The summed E-state index contributed by atoms with van der Waals surface area (Å²) in [4.78, 5) is 59.7. The fourth-order valence-electron chi connectivity index (χ4n) is 11.1. The topological polar surface area (TPSA) is 242 Å². The van der Waals surface area contributed by atoms with Crippen molar-refractivity contribution in [2.75, 3.05) is 87.6 Å². The zero-order valence-corrected chi connectivity index (χ0v) is 68.2. The van der Waals surface area contributed by atoms with E-state index in [0.717, 1.165) is 102 Å². The molecular weight excluding hydrogens is 1310 g/mol. The molecule has 100 heavy (non-hydrogen) atoms. The first-order valence-electron chi connectivity index (χ1n) is 37.3. The van der Waals surface area contributed by atoms with Crippen LogP contribution in [0, 0.1) is 23.7 Å². The second kappa shape index (κ2) is 53.1. The molecule has 0 aliphatic heterocycles. The first-order chi connectivity index (χ1) is 46.6. The quantitative estimate of drug-likeness (QED) is 0.0248. The normalized spacial score (nSPS) is 22.9. The van der Waals surface area contributed by atoms with Crippen molar-refractivity contribution in [3.8, 4) is 0 Å². The number of carbonyl (C=O) groups is 5. The van der Waals surface area contributed by atoms with Crippen molar-refractivity contribution in [3.63, 3.8) is 0 Å². The Kier molecular flexibility index (Phi) is 51.6. The third-order valence-electron chi connectivity index (χ3n) is 16.3. The summed E-state index contributed by atoms with van der Waals surface area (Å²) in [5.74, 6) is 0.952. The van der Waals surface area contributed by atoms with Crippen molar-refractivity contribution in [1.29, 1.82) is 0 Å². The fourth-order valence-corrected chi connectivity index (χ4v) is 12.4. The van der Waals surface area contributed by atoms with Crippen LogP contribution in [0.25, 0.3) is 0 Å². The Morgan fingerprint density at radius 3 is 1.28 bits per heavy atom. The van der Waals surface area contributed by atoms with Crippen molar-refractivity contribution in [2.24, 2.45) is 23.7 Å². The van der Waals surface area contributed by atoms with Gasteiger partial charge in [0.15, 0.2) is 25.2 Å². The van der Waals surface area contributed by atoms with Gasteiger partial charge in [0.2, 0.25) is 0 Å². The van der Waals surface area contributed by atoms with Gasteiger partial charge in [-0.2, -0.15) is 11.8 Å². The summed E-state index contributed by atoms with van der Waals surface area (Å²) < 4.78 is 91.4. The van der Waals surface area contributed by atoms with E-state index in [4.69, 9.17) is 80.5 Å². The van der Waals surface area contributed by atoms with Crippen molar-refractivity contribution >= 4 is 41.6 Å². The minimum atomic E-state index is -0.448. The molecule has 592 valence electrons. The molecule has 0 heterocycles. The Bertz CT molecular complexity index is 2050. The first kappa shape index (κ1) is 97.2. The number of thioether (sulfide) groups is 1. The molecule has 11 unspecified atom stereocenters. The minimum Gasteiger partial charge on any atom is -0.460 e. The van der Waals surface area contributed by atoms with Crippen LogP contribution in [0.3, 0.4) is 0 Å². The monoisotopic (exact) mass is 1460 g/mol. The third kappa shape index (κ3) is 53.9. The van der Waals surface area contributed by atoms with Gasteiger partial charge in [-0.25, -0.2) is 0 Å². The highest BCUT2D eigenvalue weighted by Crippen LogP contribution is 2.36. The Morgan fingerprint density at radius 2 is 0.790 bits per heavy atom. The van der Waals surface area contributed by atoms with Crippen LogP contribution in [0.2, 0.25) is 0 Å². The Hall–Kier alpha value is -2.78. The van der Waals surface area contributed by atoms with Gasteiger partial charge in [0.25, 0.3) is 0 Å². The maximum Gasteiger partial charge on any atom is 0.312 e. The lowest BCUT2D eigenvalue weighted by atomic mass is 9.84. The average molecular weight is 1460 g/mol. The number of rotatable bonds is 35. The van der Waals surface area contributed by atoms with Gasteiger partial charge in [-0.3, -0.25) is 24.0 Å². The Labute approximate surface area is 610 Å². The number of ether oxygens (including phenoxy) is 17. The lowest BCUT2D eigenvalue weighted by Gasteiger charge is -2.32. The molecule has 0 aromatic rings. The highest BCUT2D eigenvalue weighted by molar-refractivity contribution is 7.99. The summed E-state index contributed by atoms with van der Waals surface area (Å²) in [7, 11) is 8.15. The second-order valence-electron chi connectivity index (χ2n) is 31.5. The molecule has 0 radical (unpaired) electrons.